The zero-order valence-electron chi connectivity index (χ0n) is 16.0. The summed E-state index contributed by atoms with van der Waals surface area (Å²) in [6, 6.07) is 12.9. The topological polar surface area (TPSA) is 69.7 Å². The molecule has 1 amide bonds. The number of nitrogens with zero attached hydrogens (tertiary/aromatic N) is 2. The summed E-state index contributed by atoms with van der Waals surface area (Å²) in [6.45, 7) is 4.67. The normalized spacial score (nSPS) is 17.4. The van der Waals surface area contributed by atoms with Crippen LogP contribution in [0.25, 0.3) is 0 Å². The van der Waals surface area contributed by atoms with Crippen molar-refractivity contribution in [2.75, 3.05) is 25.0 Å². The molecule has 0 saturated carbocycles. The Morgan fingerprint density at radius 3 is 2.46 bits per heavy atom. The van der Waals surface area contributed by atoms with E-state index in [0.717, 1.165) is 16.7 Å². The summed E-state index contributed by atoms with van der Waals surface area (Å²) >= 11 is 5.89. The fourth-order valence-corrected chi connectivity index (χ4v) is 4.92. The lowest BCUT2D eigenvalue weighted by molar-refractivity contribution is -0.116. The van der Waals surface area contributed by atoms with Crippen molar-refractivity contribution in [2.24, 2.45) is 0 Å². The summed E-state index contributed by atoms with van der Waals surface area (Å²) in [5.74, 6) is -0.342. The molecule has 2 aromatic rings. The van der Waals surface area contributed by atoms with Gasteiger partial charge < -0.3 is 5.32 Å². The molecule has 0 unspecified atom stereocenters. The van der Waals surface area contributed by atoms with Gasteiger partial charge >= 0.3 is 0 Å². The molecule has 0 aliphatic carbocycles. The summed E-state index contributed by atoms with van der Waals surface area (Å²) in [5, 5.41) is 3.44. The number of benzene rings is 2. The third-order valence-electron chi connectivity index (χ3n) is 4.73. The van der Waals surface area contributed by atoms with Crippen molar-refractivity contribution in [1.82, 2.24) is 8.61 Å². The van der Waals surface area contributed by atoms with Crippen LogP contribution in [0.2, 0.25) is 5.02 Å². The zero-order valence-corrected chi connectivity index (χ0v) is 17.6. The highest BCUT2D eigenvalue weighted by molar-refractivity contribution is 7.86. The highest BCUT2D eigenvalue weighted by atomic mass is 35.5. The van der Waals surface area contributed by atoms with Crippen molar-refractivity contribution in [3.63, 3.8) is 0 Å². The van der Waals surface area contributed by atoms with Crippen LogP contribution in [-0.4, -0.2) is 42.6 Å². The molecule has 150 valence electrons. The molecule has 28 heavy (non-hydrogen) atoms. The van der Waals surface area contributed by atoms with Gasteiger partial charge in [0, 0.05) is 30.3 Å². The van der Waals surface area contributed by atoms with Crippen LogP contribution in [-0.2, 0) is 21.5 Å². The first-order chi connectivity index (χ1) is 13.3. The van der Waals surface area contributed by atoms with E-state index in [9.17, 15) is 13.2 Å². The van der Waals surface area contributed by atoms with Crippen molar-refractivity contribution >= 4 is 33.4 Å². The van der Waals surface area contributed by atoms with Crippen LogP contribution in [0, 0.1) is 13.8 Å². The molecule has 1 heterocycles. The Balaban J connectivity index is 1.68. The molecule has 1 saturated heterocycles. The lowest BCUT2D eigenvalue weighted by atomic mass is 10.1. The number of anilines is 1. The first-order valence-corrected chi connectivity index (χ1v) is 10.9. The number of nitrogens with one attached hydrogen (secondary N) is 1. The van der Waals surface area contributed by atoms with Crippen LogP contribution in [0.15, 0.2) is 42.5 Å². The van der Waals surface area contributed by atoms with Crippen LogP contribution in [0.4, 0.5) is 5.69 Å². The molecule has 0 radical (unpaired) electrons. The van der Waals surface area contributed by atoms with E-state index in [2.05, 4.69) is 5.32 Å². The summed E-state index contributed by atoms with van der Waals surface area (Å²) < 4.78 is 28.5. The SMILES string of the molecule is Cc1ccc(C)c(NC(=O)CN2CCCN(Cc3ccc(Cl)cc3)S2(=O)=O)c1. The molecule has 3 rings (SSSR count). The molecular weight excluding hydrogens is 398 g/mol. The summed E-state index contributed by atoms with van der Waals surface area (Å²) in [5.41, 5.74) is 3.53. The first kappa shape index (κ1) is 20.8. The fraction of sp³-hybridized carbons (Fsp3) is 0.350. The van der Waals surface area contributed by atoms with Gasteiger partial charge in [0.1, 0.15) is 0 Å². The van der Waals surface area contributed by atoms with E-state index >= 15 is 0 Å². The van der Waals surface area contributed by atoms with Gasteiger partial charge in [-0.15, -0.1) is 0 Å². The van der Waals surface area contributed by atoms with E-state index in [0.29, 0.717) is 30.2 Å². The standard InChI is InChI=1S/C20H24ClN3O3S/c1-15-4-5-16(2)19(12-15)22-20(25)14-24-11-3-10-23(28(24,26)27)13-17-6-8-18(21)9-7-17/h4-9,12H,3,10-11,13-14H2,1-2H3,(H,22,25). The highest BCUT2D eigenvalue weighted by Crippen LogP contribution is 2.21. The van der Waals surface area contributed by atoms with Crippen molar-refractivity contribution < 1.29 is 13.2 Å². The minimum atomic E-state index is -3.71. The van der Waals surface area contributed by atoms with Gasteiger partial charge in [-0.25, -0.2) is 0 Å². The Kier molecular flexibility index (Phi) is 6.40. The largest absolute Gasteiger partial charge is 0.325 e. The molecule has 0 spiro atoms. The van der Waals surface area contributed by atoms with Gasteiger partial charge in [-0.3, -0.25) is 4.79 Å². The number of amides is 1. The number of rotatable bonds is 5. The lowest BCUT2D eigenvalue weighted by Gasteiger charge is -2.34. The number of carbonyl (C=O) groups excluding carboxylic acids is 1. The van der Waals surface area contributed by atoms with E-state index in [1.807, 2.05) is 44.2 Å². The minimum absolute atomic E-state index is 0.202. The number of aryl methyl sites for hydroxylation is 2. The van der Waals surface area contributed by atoms with Crippen LogP contribution < -0.4 is 5.32 Å². The van der Waals surface area contributed by atoms with Gasteiger partial charge in [0.05, 0.1) is 6.54 Å². The van der Waals surface area contributed by atoms with Crippen molar-refractivity contribution in [3.05, 3.63) is 64.2 Å². The monoisotopic (exact) mass is 421 g/mol. The Bertz CT molecular complexity index is 961. The maximum Gasteiger partial charge on any atom is 0.282 e. The number of carbonyl (C=O) groups is 1. The molecule has 0 aromatic heterocycles. The second kappa shape index (κ2) is 8.61. The Hall–Kier alpha value is -1.93. The number of hydrogen-bond donors (Lipinski definition) is 1. The Morgan fingerprint density at radius 2 is 1.75 bits per heavy atom. The molecule has 0 bridgehead atoms. The van der Waals surface area contributed by atoms with Crippen LogP contribution >= 0.6 is 11.6 Å². The average Bonchev–Trinajstić information content (AvgIpc) is 2.63. The molecule has 1 N–H and O–H groups in total. The quantitative estimate of drug-likeness (QED) is 0.804. The summed E-state index contributed by atoms with van der Waals surface area (Å²) in [6.07, 6.45) is 0.670. The third kappa shape index (κ3) is 4.91. The van der Waals surface area contributed by atoms with Gasteiger partial charge in [0.2, 0.25) is 5.91 Å². The maximum absolute atomic E-state index is 12.9. The van der Waals surface area contributed by atoms with E-state index in [4.69, 9.17) is 11.6 Å². The van der Waals surface area contributed by atoms with Gasteiger partial charge in [-0.2, -0.15) is 17.0 Å². The van der Waals surface area contributed by atoms with Crippen molar-refractivity contribution in [2.45, 2.75) is 26.8 Å². The molecule has 1 aliphatic heterocycles. The highest BCUT2D eigenvalue weighted by Gasteiger charge is 2.34. The number of halogens is 1. The van der Waals surface area contributed by atoms with E-state index < -0.39 is 10.2 Å². The predicted molar refractivity (Wildman–Crippen MR) is 112 cm³/mol. The lowest BCUT2D eigenvalue weighted by Crippen LogP contribution is -2.51. The second-order valence-corrected chi connectivity index (χ2v) is 9.39. The molecular formula is C20H24ClN3O3S. The molecule has 1 aliphatic rings. The molecule has 0 atom stereocenters. The van der Waals surface area contributed by atoms with Crippen LogP contribution in [0.5, 0.6) is 0 Å². The van der Waals surface area contributed by atoms with E-state index in [-0.39, 0.29) is 19.0 Å². The van der Waals surface area contributed by atoms with Crippen molar-refractivity contribution in [1.29, 1.82) is 0 Å². The van der Waals surface area contributed by atoms with Gasteiger partial charge in [0.15, 0.2) is 0 Å². The van der Waals surface area contributed by atoms with E-state index in [1.165, 1.54) is 8.61 Å². The van der Waals surface area contributed by atoms with Crippen LogP contribution in [0.3, 0.4) is 0 Å². The van der Waals surface area contributed by atoms with Crippen LogP contribution in [0.1, 0.15) is 23.1 Å². The summed E-state index contributed by atoms with van der Waals surface area (Å²) in [4.78, 5) is 12.5. The summed E-state index contributed by atoms with van der Waals surface area (Å²) in [7, 11) is -3.71. The van der Waals surface area contributed by atoms with Gasteiger partial charge in [-0.1, -0.05) is 35.9 Å². The van der Waals surface area contributed by atoms with Crippen molar-refractivity contribution in [3.8, 4) is 0 Å². The minimum Gasteiger partial charge on any atom is -0.325 e. The molecule has 6 nitrogen and oxygen atoms in total. The predicted octanol–water partition coefficient (Wildman–Crippen LogP) is 3.35. The van der Waals surface area contributed by atoms with Gasteiger partial charge in [0.25, 0.3) is 10.2 Å². The average molecular weight is 422 g/mol. The Labute approximate surface area is 171 Å². The first-order valence-electron chi connectivity index (χ1n) is 9.12. The number of hydrogen-bond acceptors (Lipinski definition) is 3. The third-order valence-corrected chi connectivity index (χ3v) is 6.91. The Morgan fingerprint density at radius 1 is 1.07 bits per heavy atom. The van der Waals surface area contributed by atoms with E-state index in [1.54, 1.807) is 12.1 Å². The molecule has 8 heteroatoms. The molecule has 2 aromatic carbocycles. The smallest absolute Gasteiger partial charge is 0.282 e. The fourth-order valence-electron chi connectivity index (χ4n) is 3.15. The maximum atomic E-state index is 12.9. The second-order valence-electron chi connectivity index (χ2n) is 7.02. The van der Waals surface area contributed by atoms with Gasteiger partial charge in [-0.05, 0) is 55.2 Å². The zero-order chi connectivity index (χ0) is 20.3. The molecule has 1 fully saturated rings.